The zero-order valence-corrected chi connectivity index (χ0v) is 13.9. The molecule has 0 amide bonds. The van der Waals surface area contributed by atoms with E-state index in [1.54, 1.807) is 12.1 Å². The molecule has 5 heteroatoms. The van der Waals surface area contributed by atoms with Crippen molar-refractivity contribution in [2.75, 3.05) is 7.05 Å². The van der Waals surface area contributed by atoms with Crippen molar-refractivity contribution < 1.29 is 4.39 Å². The molecule has 0 saturated heterocycles. The van der Waals surface area contributed by atoms with Crippen LogP contribution in [0.1, 0.15) is 17.2 Å². The molecule has 0 radical (unpaired) electrons. The van der Waals surface area contributed by atoms with Gasteiger partial charge in [-0.05, 0) is 48.9 Å². The van der Waals surface area contributed by atoms with Crippen molar-refractivity contribution in [1.29, 1.82) is 0 Å². The predicted octanol–water partition coefficient (Wildman–Crippen LogP) is 5.40. The monoisotopic (exact) mass is 375 g/mol. The van der Waals surface area contributed by atoms with Crippen molar-refractivity contribution in [3.8, 4) is 0 Å². The highest BCUT2D eigenvalue weighted by atomic mass is 79.9. The van der Waals surface area contributed by atoms with Gasteiger partial charge in [-0.2, -0.15) is 0 Å². The quantitative estimate of drug-likeness (QED) is 0.753. The maximum absolute atomic E-state index is 13.2. The Hall–Kier alpha value is -0.610. The zero-order chi connectivity index (χ0) is 14.7. The molecule has 1 atom stereocenters. The minimum absolute atomic E-state index is 0.0390. The largest absolute Gasteiger partial charge is 0.313 e. The summed E-state index contributed by atoms with van der Waals surface area (Å²) in [5.41, 5.74) is 1.95. The molecule has 2 aromatic rings. The lowest BCUT2D eigenvalue weighted by atomic mass is 9.99. The number of rotatable bonds is 4. The second kappa shape index (κ2) is 6.90. The smallest absolute Gasteiger partial charge is 0.141 e. The Balaban J connectivity index is 2.26. The van der Waals surface area contributed by atoms with E-state index in [9.17, 15) is 4.39 Å². The highest BCUT2D eigenvalue weighted by molar-refractivity contribution is 9.10. The number of likely N-dealkylation sites (N-methyl/N-ethyl adjacent to an activating group) is 1. The van der Waals surface area contributed by atoms with Crippen molar-refractivity contribution >= 4 is 39.1 Å². The van der Waals surface area contributed by atoms with Crippen LogP contribution in [-0.4, -0.2) is 7.05 Å². The Morgan fingerprint density at radius 2 is 1.90 bits per heavy atom. The Kier molecular flexibility index (Phi) is 5.44. The van der Waals surface area contributed by atoms with Crippen molar-refractivity contribution in [3.05, 3.63) is 67.9 Å². The van der Waals surface area contributed by atoms with Crippen LogP contribution < -0.4 is 5.32 Å². The minimum atomic E-state index is -0.405. The first kappa shape index (κ1) is 15.8. The maximum atomic E-state index is 13.2. The van der Waals surface area contributed by atoms with Gasteiger partial charge in [0.15, 0.2) is 0 Å². The lowest BCUT2D eigenvalue weighted by Crippen LogP contribution is -2.19. The first-order chi connectivity index (χ1) is 9.51. The van der Waals surface area contributed by atoms with Gasteiger partial charge in [-0.1, -0.05) is 51.3 Å². The van der Waals surface area contributed by atoms with E-state index >= 15 is 0 Å². The van der Waals surface area contributed by atoms with Crippen LogP contribution in [0.3, 0.4) is 0 Å². The van der Waals surface area contributed by atoms with E-state index in [-0.39, 0.29) is 11.1 Å². The molecule has 0 spiro atoms. The molecule has 2 rings (SSSR count). The molecule has 106 valence electrons. The minimum Gasteiger partial charge on any atom is -0.313 e. The molecule has 0 heterocycles. The summed E-state index contributed by atoms with van der Waals surface area (Å²) in [6, 6.07) is 10.6. The summed E-state index contributed by atoms with van der Waals surface area (Å²) >= 11 is 15.5. The summed E-state index contributed by atoms with van der Waals surface area (Å²) in [6.07, 6.45) is 0.678. The summed E-state index contributed by atoms with van der Waals surface area (Å²) in [5, 5.41) is 4.05. The van der Waals surface area contributed by atoms with Crippen LogP contribution in [0, 0.1) is 5.82 Å². The van der Waals surface area contributed by atoms with Gasteiger partial charge in [0.05, 0.1) is 5.02 Å². The molecule has 1 N–H and O–H groups in total. The molecule has 1 unspecified atom stereocenters. The highest BCUT2D eigenvalue weighted by Crippen LogP contribution is 2.29. The van der Waals surface area contributed by atoms with Crippen LogP contribution >= 0.6 is 39.1 Å². The Labute approximate surface area is 136 Å². The lowest BCUT2D eigenvalue weighted by molar-refractivity contribution is 0.589. The summed E-state index contributed by atoms with van der Waals surface area (Å²) in [5.74, 6) is -0.405. The first-order valence-corrected chi connectivity index (χ1v) is 7.62. The van der Waals surface area contributed by atoms with Crippen molar-refractivity contribution in [2.45, 2.75) is 12.5 Å². The van der Waals surface area contributed by atoms with Crippen molar-refractivity contribution in [3.63, 3.8) is 0 Å². The molecule has 0 saturated carbocycles. The van der Waals surface area contributed by atoms with Gasteiger partial charge in [0.25, 0.3) is 0 Å². The topological polar surface area (TPSA) is 12.0 Å². The van der Waals surface area contributed by atoms with Crippen LogP contribution in [0.5, 0.6) is 0 Å². The van der Waals surface area contributed by atoms with E-state index in [0.29, 0.717) is 11.4 Å². The second-order valence-corrected chi connectivity index (χ2v) is 6.19. The van der Waals surface area contributed by atoms with E-state index in [1.807, 2.05) is 25.2 Å². The Morgan fingerprint density at radius 1 is 1.15 bits per heavy atom. The van der Waals surface area contributed by atoms with Gasteiger partial charge in [-0.25, -0.2) is 4.39 Å². The molecular weight excluding hydrogens is 364 g/mol. The summed E-state index contributed by atoms with van der Waals surface area (Å²) in [7, 11) is 1.87. The molecule has 0 fully saturated rings. The van der Waals surface area contributed by atoms with E-state index in [0.717, 1.165) is 15.6 Å². The molecular formula is C15H13BrCl2FN. The molecule has 2 aromatic carbocycles. The third kappa shape index (κ3) is 3.73. The summed E-state index contributed by atoms with van der Waals surface area (Å²) in [6.45, 7) is 0. The SMILES string of the molecule is CNC(Cc1ccc(F)c(Cl)c1)c1ccc(Br)cc1Cl. The predicted molar refractivity (Wildman–Crippen MR) is 86.1 cm³/mol. The van der Waals surface area contributed by atoms with Gasteiger partial charge in [-0.3, -0.25) is 0 Å². The van der Waals surface area contributed by atoms with Crippen molar-refractivity contribution in [1.82, 2.24) is 5.32 Å². The molecule has 1 nitrogen and oxygen atoms in total. The highest BCUT2D eigenvalue weighted by Gasteiger charge is 2.14. The fraction of sp³-hybridized carbons (Fsp3) is 0.200. The molecule has 0 aliphatic carbocycles. The van der Waals surface area contributed by atoms with Gasteiger partial charge in [0, 0.05) is 15.5 Å². The fourth-order valence-electron chi connectivity index (χ4n) is 2.05. The third-order valence-corrected chi connectivity index (χ3v) is 4.22. The van der Waals surface area contributed by atoms with E-state index in [4.69, 9.17) is 23.2 Å². The molecule has 0 aromatic heterocycles. The van der Waals surface area contributed by atoms with E-state index < -0.39 is 5.82 Å². The zero-order valence-electron chi connectivity index (χ0n) is 10.8. The van der Waals surface area contributed by atoms with E-state index in [2.05, 4.69) is 21.2 Å². The molecule has 20 heavy (non-hydrogen) atoms. The van der Waals surface area contributed by atoms with Crippen LogP contribution in [-0.2, 0) is 6.42 Å². The lowest BCUT2D eigenvalue weighted by Gasteiger charge is -2.18. The number of nitrogens with one attached hydrogen (secondary N) is 1. The summed E-state index contributed by atoms with van der Waals surface area (Å²) < 4.78 is 14.1. The second-order valence-electron chi connectivity index (χ2n) is 4.46. The molecule has 0 bridgehead atoms. The number of hydrogen-bond donors (Lipinski definition) is 1. The normalized spacial score (nSPS) is 12.4. The van der Waals surface area contributed by atoms with Gasteiger partial charge in [-0.15, -0.1) is 0 Å². The Morgan fingerprint density at radius 3 is 2.50 bits per heavy atom. The average molecular weight is 377 g/mol. The maximum Gasteiger partial charge on any atom is 0.141 e. The average Bonchev–Trinajstić information content (AvgIpc) is 2.41. The van der Waals surface area contributed by atoms with Crippen LogP contribution in [0.15, 0.2) is 40.9 Å². The third-order valence-electron chi connectivity index (χ3n) is 3.11. The van der Waals surface area contributed by atoms with Crippen LogP contribution in [0.2, 0.25) is 10.0 Å². The molecule has 0 aliphatic heterocycles. The van der Waals surface area contributed by atoms with Crippen LogP contribution in [0.25, 0.3) is 0 Å². The first-order valence-electron chi connectivity index (χ1n) is 6.07. The van der Waals surface area contributed by atoms with Crippen molar-refractivity contribution in [2.24, 2.45) is 0 Å². The fourth-order valence-corrected chi connectivity index (χ4v) is 3.06. The van der Waals surface area contributed by atoms with Gasteiger partial charge >= 0.3 is 0 Å². The number of benzene rings is 2. The van der Waals surface area contributed by atoms with Gasteiger partial charge in [0.1, 0.15) is 5.82 Å². The van der Waals surface area contributed by atoms with Crippen LogP contribution in [0.4, 0.5) is 4.39 Å². The Bertz CT molecular complexity index is 619. The number of hydrogen-bond acceptors (Lipinski definition) is 1. The van der Waals surface area contributed by atoms with Gasteiger partial charge in [0.2, 0.25) is 0 Å². The summed E-state index contributed by atoms with van der Waals surface area (Å²) in [4.78, 5) is 0. The van der Waals surface area contributed by atoms with E-state index in [1.165, 1.54) is 6.07 Å². The molecule has 0 aliphatic rings. The number of halogens is 4. The standard InChI is InChI=1S/C15H13BrCl2FN/c1-20-15(11-4-3-10(16)8-12(11)17)7-9-2-5-14(19)13(18)6-9/h2-6,8,15,20H,7H2,1H3. The van der Waals surface area contributed by atoms with Gasteiger partial charge < -0.3 is 5.32 Å².